The van der Waals surface area contributed by atoms with Gasteiger partial charge >= 0.3 is 5.97 Å². The van der Waals surface area contributed by atoms with Crippen molar-refractivity contribution >= 4 is 5.97 Å². The summed E-state index contributed by atoms with van der Waals surface area (Å²) in [5.41, 5.74) is 2.54. The predicted molar refractivity (Wildman–Crippen MR) is 104 cm³/mol. The molecule has 0 spiro atoms. The molecule has 0 aliphatic carbocycles. The molecule has 0 unspecified atom stereocenters. The molecule has 9 heteroatoms. The molecular weight excluding hydrogens is 396 g/mol. The van der Waals surface area contributed by atoms with Crippen molar-refractivity contribution < 1.29 is 44.5 Å². The molecule has 5 atom stereocenters. The topological polar surface area (TPSA) is 146 Å². The second kappa shape index (κ2) is 9.98. The zero-order valence-corrected chi connectivity index (χ0v) is 16.0. The molecule has 0 amide bonds. The Morgan fingerprint density at radius 2 is 1.70 bits per heavy atom. The molecule has 2 aromatic carbocycles. The van der Waals surface area contributed by atoms with E-state index in [2.05, 4.69) is 0 Å². The van der Waals surface area contributed by atoms with Crippen LogP contribution in [0.4, 0.5) is 0 Å². The number of aliphatic hydroxyl groups excluding tert-OH is 4. The van der Waals surface area contributed by atoms with Crippen molar-refractivity contribution in [2.24, 2.45) is 0 Å². The molecule has 3 rings (SSSR count). The Bertz CT molecular complexity index is 837. The monoisotopic (exact) mass is 420 g/mol. The van der Waals surface area contributed by atoms with E-state index in [4.69, 9.17) is 19.3 Å². The summed E-state index contributed by atoms with van der Waals surface area (Å²) in [5, 5.41) is 47.6. The van der Waals surface area contributed by atoms with Crippen LogP contribution in [-0.2, 0) is 20.9 Å². The molecule has 162 valence electrons. The van der Waals surface area contributed by atoms with Gasteiger partial charge in [-0.1, -0.05) is 30.3 Å². The fraction of sp³-hybridized carbons (Fsp3) is 0.381. The highest BCUT2D eigenvalue weighted by Crippen LogP contribution is 2.26. The fourth-order valence-corrected chi connectivity index (χ4v) is 3.11. The number of aliphatic hydroxyl groups is 4. The van der Waals surface area contributed by atoms with Crippen molar-refractivity contribution in [2.75, 3.05) is 13.2 Å². The van der Waals surface area contributed by atoms with Gasteiger partial charge in [-0.25, -0.2) is 4.79 Å². The van der Waals surface area contributed by atoms with Crippen LogP contribution in [0, 0.1) is 0 Å². The van der Waals surface area contributed by atoms with Gasteiger partial charge in [-0.3, -0.25) is 0 Å². The lowest BCUT2D eigenvalue weighted by Gasteiger charge is -2.39. The van der Waals surface area contributed by atoms with E-state index in [0.717, 1.165) is 16.7 Å². The Morgan fingerprint density at radius 1 is 0.967 bits per heavy atom. The first kappa shape index (κ1) is 22.2. The summed E-state index contributed by atoms with van der Waals surface area (Å²) < 4.78 is 16.0. The molecule has 0 radical (unpaired) electrons. The van der Waals surface area contributed by atoms with E-state index in [0.29, 0.717) is 5.75 Å². The number of carbonyl (C=O) groups is 1. The maximum atomic E-state index is 10.6. The minimum absolute atomic E-state index is 0.0658. The third-order valence-electron chi connectivity index (χ3n) is 4.74. The van der Waals surface area contributed by atoms with E-state index in [1.165, 1.54) is 0 Å². The number of ether oxygens (including phenoxy) is 3. The van der Waals surface area contributed by atoms with Gasteiger partial charge in [0.25, 0.3) is 0 Å². The zero-order chi connectivity index (χ0) is 21.7. The van der Waals surface area contributed by atoms with Gasteiger partial charge in [0.1, 0.15) is 30.2 Å². The zero-order valence-electron chi connectivity index (χ0n) is 16.0. The second-order valence-corrected chi connectivity index (χ2v) is 6.92. The number of hydrogen-bond acceptors (Lipinski definition) is 8. The largest absolute Gasteiger partial charge is 0.482 e. The van der Waals surface area contributed by atoms with Crippen molar-refractivity contribution in [1.82, 2.24) is 0 Å². The quantitative estimate of drug-likeness (QED) is 0.402. The van der Waals surface area contributed by atoms with Crippen molar-refractivity contribution in [3.63, 3.8) is 0 Å². The first-order valence-electron chi connectivity index (χ1n) is 9.35. The second-order valence-electron chi connectivity index (χ2n) is 6.92. The van der Waals surface area contributed by atoms with E-state index in [1.807, 2.05) is 24.3 Å². The van der Waals surface area contributed by atoms with E-state index in [9.17, 15) is 25.2 Å². The van der Waals surface area contributed by atoms with Crippen LogP contribution in [0.5, 0.6) is 5.75 Å². The molecule has 5 N–H and O–H groups in total. The molecule has 1 aliphatic heterocycles. The summed E-state index contributed by atoms with van der Waals surface area (Å²) in [6.45, 7) is -0.868. The Hall–Kier alpha value is -2.53. The predicted octanol–water partition coefficient (Wildman–Crippen LogP) is 0.133. The van der Waals surface area contributed by atoms with Crippen LogP contribution in [0.15, 0.2) is 48.5 Å². The van der Waals surface area contributed by atoms with E-state index in [-0.39, 0.29) is 6.61 Å². The molecule has 0 aromatic heterocycles. The fourth-order valence-electron chi connectivity index (χ4n) is 3.11. The Morgan fingerprint density at radius 3 is 2.37 bits per heavy atom. The molecule has 0 saturated carbocycles. The number of hydrogen-bond donors (Lipinski definition) is 5. The number of carboxylic acids is 1. The number of rotatable bonds is 8. The molecule has 1 fully saturated rings. The first-order chi connectivity index (χ1) is 14.4. The average molecular weight is 420 g/mol. The molecule has 1 aliphatic rings. The Kier molecular flexibility index (Phi) is 7.38. The van der Waals surface area contributed by atoms with Crippen LogP contribution in [0.3, 0.4) is 0 Å². The van der Waals surface area contributed by atoms with Crippen LogP contribution in [0.2, 0.25) is 0 Å². The lowest BCUT2D eigenvalue weighted by molar-refractivity contribution is -0.304. The van der Waals surface area contributed by atoms with Gasteiger partial charge in [0.2, 0.25) is 0 Å². The van der Waals surface area contributed by atoms with Crippen LogP contribution in [-0.4, -0.2) is 75.4 Å². The molecule has 1 saturated heterocycles. The van der Waals surface area contributed by atoms with Crippen molar-refractivity contribution in [2.45, 2.75) is 37.3 Å². The summed E-state index contributed by atoms with van der Waals surface area (Å²) in [4.78, 5) is 10.6. The first-order valence-corrected chi connectivity index (χ1v) is 9.35. The molecule has 2 aromatic rings. The molecular formula is C21H24O9. The summed E-state index contributed by atoms with van der Waals surface area (Å²) in [7, 11) is 0. The Balaban J connectivity index is 1.63. The number of benzene rings is 2. The minimum Gasteiger partial charge on any atom is -0.482 e. The molecule has 1 heterocycles. The summed E-state index contributed by atoms with van der Waals surface area (Å²) in [6, 6.07) is 14.4. The van der Waals surface area contributed by atoms with Crippen LogP contribution in [0.25, 0.3) is 11.1 Å². The highest BCUT2D eigenvalue weighted by atomic mass is 16.7. The molecule has 9 nitrogen and oxygen atoms in total. The highest BCUT2D eigenvalue weighted by Gasteiger charge is 2.43. The highest BCUT2D eigenvalue weighted by molar-refractivity contribution is 5.69. The normalized spacial score (nSPS) is 26.3. The van der Waals surface area contributed by atoms with Gasteiger partial charge in [-0.05, 0) is 34.9 Å². The van der Waals surface area contributed by atoms with Crippen LogP contribution in [0.1, 0.15) is 5.56 Å². The van der Waals surface area contributed by atoms with Gasteiger partial charge in [0, 0.05) is 0 Å². The van der Waals surface area contributed by atoms with E-state index in [1.54, 1.807) is 24.3 Å². The molecule has 30 heavy (non-hydrogen) atoms. The maximum Gasteiger partial charge on any atom is 0.341 e. The summed E-state index contributed by atoms with van der Waals surface area (Å²) in [5.74, 6) is -0.602. The standard InChI is InChI=1S/C21H24O9/c22-9-16-18(25)19(26)20(27)21(30-16)29-10-12-2-1-3-14(8-12)13-4-6-15(7-5-13)28-11-17(23)24/h1-8,16,18-22,25-27H,9-11H2,(H,23,24)/t16-,18-,19-,20+,21+/m1/s1. The van der Waals surface area contributed by atoms with Gasteiger partial charge < -0.3 is 39.7 Å². The van der Waals surface area contributed by atoms with Gasteiger partial charge in [0.15, 0.2) is 12.9 Å². The third kappa shape index (κ3) is 5.33. The van der Waals surface area contributed by atoms with E-state index < -0.39 is 49.9 Å². The lowest BCUT2D eigenvalue weighted by Crippen LogP contribution is -2.59. The van der Waals surface area contributed by atoms with Crippen molar-refractivity contribution in [1.29, 1.82) is 0 Å². The van der Waals surface area contributed by atoms with Crippen molar-refractivity contribution in [3.8, 4) is 16.9 Å². The number of carboxylic acid groups (broad SMARTS) is 1. The third-order valence-corrected chi connectivity index (χ3v) is 4.74. The van der Waals surface area contributed by atoms with Crippen LogP contribution >= 0.6 is 0 Å². The van der Waals surface area contributed by atoms with Gasteiger partial charge in [0.05, 0.1) is 13.2 Å². The Labute approximate surface area is 172 Å². The van der Waals surface area contributed by atoms with Crippen molar-refractivity contribution in [3.05, 3.63) is 54.1 Å². The molecule has 0 bridgehead atoms. The van der Waals surface area contributed by atoms with Gasteiger partial charge in [-0.2, -0.15) is 0 Å². The lowest BCUT2D eigenvalue weighted by atomic mass is 9.99. The summed E-state index contributed by atoms with van der Waals surface area (Å²) >= 11 is 0. The maximum absolute atomic E-state index is 10.6. The average Bonchev–Trinajstić information content (AvgIpc) is 2.76. The minimum atomic E-state index is -1.49. The smallest absolute Gasteiger partial charge is 0.341 e. The van der Waals surface area contributed by atoms with Crippen LogP contribution < -0.4 is 4.74 Å². The van der Waals surface area contributed by atoms with E-state index >= 15 is 0 Å². The SMILES string of the molecule is O=C(O)COc1ccc(-c2cccc(CO[C@H]3O[C@H](CO)[C@@H](O)[C@@H](O)[C@@H]3O)c2)cc1. The number of aliphatic carboxylic acids is 1. The summed E-state index contributed by atoms with van der Waals surface area (Å²) in [6.07, 6.45) is -6.61. The van der Waals surface area contributed by atoms with Gasteiger partial charge in [-0.15, -0.1) is 0 Å².